The molecule has 0 saturated carbocycles. The Morgan fingerprint density at radius 3 is 2.35 bits per heavy atom. The van der Waals surface area contributed by atoms with Gasteiger partial charge in [-0.15, -0.1) is 0 Å². The highest BCUT2D eigenvalue weighted by Crippen LogP contribution is 2.26. The molecule has 1 aromatic carbocycles. The van der Waals surface area contributed by atoms with E-state index < -0.39 is 0 Å². The average molecular weight is 356 g/mol. The van der Waals surface area contributed by atoms with Gasteiger partial charge >= 0.3 is 0 Å². The lowest BCUT2D eigenvalue weighted by Gasteiger charge is -2.16. The van der Waals surface area contributed by atoms with Crippen molar-refractivity contribution in [2.45, 2.75) is 46.5 Å². The van der Waals surface area contributed by atoms with Crippen LogP contribution in [0.15, 0.2) is 30.3 Å². The fourth-order valence-corrected chi connectivity index (χ4v) is 2.48. The van der Waals surface area contributed by atoms with Crippen molar-refractivity contribution in [3.63, 3.8) is 0 Å². The summed E-state index contributed by atoms with van der Waals surface area (Å²) in [5.41, 5.74) is 2.76. The first-order chi connectivity index (χ1) is 12.1. The maximum atomic E-state index is 12.4. The van der Waals surface area contributed by atoms with E-state index in [1.807, 2.05) is 37.3 Å². The molecule has 6 nitrogen and oxygen atoms in total. The minimum absolute atomic E-state index is 0.0105. The van der Waals surface area contributed by atoms with Crippen molar-refractivity contribution >= 4 is 17.6 Å². The van der Waals surface area contributed by atoms with E-state index >= 15 is 0 Å². The zero-order chi connectivity index (χ0) is 19.5. The summed E-state index contributed by atoms with van der Waals surface area (Å²) < 4.78 is 1.74. The van der Waals surface area contributed by atoms with Gasteiger partial charge < -0.3 is 10.2 Å². The van der Waals surface area contributed by atoms with Crippen LogP contribution in [0.5, 0.6) is 0 Å². The van der Waals surface area contributed by atoms with Gasteiger partial charge in [-0.05, 0) is 19.1 Å². The number of nitrogens with zero attached hydrogens (tertiary/aromatic N) is 3. The number of anilines is 1. The average Bonchev–Trinajstić information content (AvgIpc) is 2.98. The number of hydrogen-bond acceptors (Lipinski definition) is 3. The highest BCUT2D eigenvalue weighted by atomic mass is 16.2. The van der Waals surface area contributed by atoms with Crippen molar-refractivity contribution in [1.29, 1.82) is 0 Å². The lowest BCUT2D eigenvalue weighted by Crippen LogP contribution is -2.34. The topological polar surface area (TPSA) is 67.2 Å². The molecule has 0 spiro atoms. The summed E-state index contributed by atoms with van der Waals surface area (Å²) in [6.45, 7) is 10.0. The molecule has 1 aromatic heterocycles. The van der Waals surface area contributed by atoms with Crippen LogP contribution in [-0.4, -0.2) is 40.1 Å². The van der Waals surface area contributed by atoms with Crippen LogP contribution in [0.25, 0.3) is 5.69 Å². The summed E-state index contributed by atoms with van der Waals surface area (Å²) in [5, 5.41) is 7.58. The van der Waals surface area contributed by atoms with Crippen LogP contribution in [0.2, 0.25) is 0 Å². The van der Waals surface area contributed by atoms with Gasteiger partial charge in [0.25, 0.3) is 0 Å². The molecular weight excluding hydrogens is 328 g/mol. The zero-order valence-corrected chi connectivity index (χ0v) is 16.5. The predicted molar refractivity (Wildman–Crippen MR) is 104 cm³/mol. The van der Waals surface area contributed by atoms with Crippen LogP contribution in [0.4, 0.5) is 5.82 Å². The van der Waals surface area contributed by atoms with E-state index in [9.17, 15) is 9.59 Å². The Morgan fingerprint density at radius 2 is 1.81 bits per heavy atom. The summed E-state index contributed by atoms with van der Waals surface area (Å²) in [7, 11) is 1.63. The van der Waals surface area contributed by atoms with Crippen molar-refractivity contribution in [3.8, 4) is 5.69 Å². The van der Waals surface area contributed by atoms with E-state index in [0.717, 1.165) is 16.9 Å². The largest absolute Gasteiger partial charge is 0.336 e. The lowest BCUT2D eigenvalue weighted by molar-refractivity contribution is -0.133. The summed E-state index contributed by atoms with van der Waals surface area (Å²) >= 11 is 0. The molecule has 0 saturated heterocycles. The molecule has 2 rings (SSSR count). The fourth-order valence-electron chi connectivity index (χ4n) is 2.48. The van der Waals surface area contributed by atoms with Gasteiger partial charge in [0.05, 0.1) is 17.9 Å². The molecule has 1 N–H and O–H groups in total. The number of carbonyl (C=O) groups is 2. The lowest BCUT2D eigenvalue weighted by atomic mass is 9.92. The van der Waals surface area contributed by atoms with Gasteiger partial charge in [0, 0.05) is 24.9 Å². The molecule has 0 aliphatic heterocycles. The number of rotatable bonds is 5. The Bertz CT molecular complexity index is 785. The van der Waals surface area contributed by atoms with Gasteiger partial charge in [-0.3, -0.25) is 9.59 Å². The van der Waals surface area contributed by atoms with Crippen molar-refractivity contribution in [1.82, 2.24) is 14.7 Å². The third kappa shape index (κ3) is 4.71. The Balaban J connectivity index is 2.31. The number of carbonyl (C=O) groups excluding carboxylic acids is 2. The number of likely N-dealkylation sites (N-methyl/N-ethyl adjacent to an activating group) is 1. The Morgan fingerprint density at radius 1 is 1.19 bits per heavy atom. The minimum Gasteiger partial charge on any atom is -0.336 e. The second-order valence-corrected chi connectivity index (χ2v) is 7.56. The smallest absolute Gasteiger partial charge is 0.245 e. The van der Waals surface area contributed by atoms with Gasteiger partial charge in [-0.1, -0.05) is 45.4 Å². The standard InChI is InChI=1S/C20H28N4O2/c1-7-19(26)23(6)13-18(25)21-17-12-16(20(3,4)5)22-24(17)15-10-8-14(2)9-11-15/h8-12H,7,13H2,1-6H3,(H,21,25). The number of aromatic nitrogens is 2. The van der Waals surface area contributed by atoms with Crippen molar-refractivity contribution < 1.29 is 9.59 Å². The summed E-state index contributed by atoms with van der Waals surface area (Å²) in [5.74, 6) is 0.284. The van der Waals surface area contributed by atoms with E-state index in [1.165, 1.54) is 4.90 Å². The molecule has 6 heteroatoms. The quantitative estimate of drug-likeness (QED) is 0.894. The molecule has 1 heterocycles. The monoisotopic (exact) mass is 356 g/mol. The molecule has 0 aliphatic rings. The molecule has 0 aliphatic carbocycles. The van der Waals surface area contributed by atoms with E-state index in [0.29, 0.717) is 12.2 Å². The first kappa shape index (κ1) is 19.7. The maximum absolute atomic E-state index is 12.4. The third-order valence-corrected chi connectivity index (χ3v) is 4.13. The van der Waals surface area contributed by atoms with Crippen molar-refractivity contribution in [2.24, 2.45) is 0 Å². The maximum Gasteiger partial charge on any atom is 0.245 e. The second-order valence-electron chi connectivity index (χ2n) is 7.56. The van der Waals surface area contributed by atoms with Crippen molar-refractivity contribution in [2.75, 3.05) is 18.9 Å². The van der Waals surface area contributed by atoms with Gasteiger partial charge in [-0.25, -0.2) is 4.68 Å². The molecule has 0 radical (unpaired) electrons. The van der Waals surface area contributed by atoms with Gasteiger partial charge in [0.2, 0.25) is 11.8 Å². The normalized spacial score (nSPS) is 11.3. The van der Waals surface area contributed by atoms with Crippen LogP contribution in [0, 0.1) is 6.92 Å². The Labute approximate surface area is 155 Å². The number of hydrogen-bond donors (Lipinski definition) is 1. The van der Waals surface area contributed by atoms with Crippen LogP contribution in [0.1, 0.15) is 45.4 Å². The highest BCUT2D eigenvalue weighted by molar-refractivity contribution is 5.94. The number of amides is 2. The van der Waals surface area contributed by atoms with Crippen LogP contribution < -0.4 is 5.32 Å². The van der Waals surface area contributed by atoms with Gasteiger partial charge in [-0.2, -0.15) is 5.10 Å². The van der Waals surface area contributed by atoms with E-state index in [-0.39, 0.29) is 23.8 Å². The summed E-state index contributed by atoms with van der Waals surface area (Å²) in [4.78, 5) is 25.5. The first-order valence-electron chi connectivity index (χ1n) is 8.83. The molecule has 26 heavy (non-hydrogen) atoms. The summed E-state index contributed by atoms with van der Waals surface area (Å²) in [6, 6.07) is 9.84. The predicted octanol–water partition coefficient (Wildman–Crippen LogP) is 3.29. The molecule has 2 amide bonds. The van der Waals surface area contributed by atoms with Crippen LogP contribution in [-0.2, 0) is 15.0 Å². The SMILES string of the molecule is CCC(=O)N(C)CC(=O)Nc1cc(C(C)(C)C)nn1-c1ccc(C)cc1. The van der Waals surface area contributed by atoms with Gasteiger partial charge in [0.15, 0.2) is 0 Å². The summed E-state index contributed by atoms with van der Waals surface area (Å²) in [6.07, 6.45) is 0.374. The van der Waals surface area contributed by atoms with Crippen LogP contribution in [0.3, 0.4) is 0 Å². The molecule has 140 valence electrons. The van der Waals surface area contributed by atoms with Crippen LogP contribution >= 0.6 is 0 Å². The molecule has 2 aromatic rings. The Kier molecular flexibility index (Phi) is 5.85. The molecule has 0 bridgehead atoms. The fraction of sp³-hybridized carbons (Fsp3) is 0.450. The molecule has 0 atom stereocenters. The number of aryl methyl sites for hydroxylation is 1. The third-order valence-electron chi connectivity index (χ3n) is 4.13. The van der Waals surface area contributed by atoms with E-state index in [4.69, 9.17) is 0 Å². The molecule has 0 unspecified atom stereocenters. The first-order valence-corrected chi connectivity index (χ1v) is 8.83. The van der Waals surface area contributed by atoms with Gasteiger partial charge in [0.1, 0.15) is 5.82 Å². The molecular formula is C20H28N4O2. The zero-order valence-electron chi connectivity index (χ0n) is 16.5. The highest BCUT2D eigenvalue weighted by Gasteiger charge is 2.22. The number of benzene rings is 1. The molecule has 0 fully saturated rings. The number of nitrogens with one attached hydrogen (secondary N) is 1. The van der Waals surface area contributed by atoms with E-state index in [2.05, 4.69) is 31.2 Å². The minimum atomic E-state index is -0.247. The van der Waals surface area contributed by atoms with E-state index in [1.54, 1.807) is 18.7 Å². The van der Waals surface area contributed by atoms with Crippen molar-refractivity contribution in [3.05, 3.63) is 41.6 Å². The Hall–Kier alpha value is -2.63. The second kappa shape index (κ2) is 7.72.